The Morgan fingerprint density at radius 2 is 1.76 bits per heavy atom. The van der Waals surface area contributed by atoms with Gasteiger partial charge in [0.2, 0.25) is 5.91 Å². The number of hydrogen-bond donors (Lipinski definition) is 0. The van der Waals surface area contributed by atoms with E-state index in [0.717, 1.165) is 58.8 Å². The van der Waals surface area contributed by atoms with Crippen LogP contribution in [0.1, 0.15) is 32.1 Å². The van der Waals surface area contributed by atoms with E-state index >= 15 is 0 Å². The van der Waals surface area contributed by atoms with Gasteiger partial charge >= 0.3 is 0 Å². The number of carbonyl (C=O) groups is 1. The van der Waals surface area contributed by atoms with Gasteiger partial charge in [0.05, 0.1) is 44.7 Å². The molecule has 1 aromatic carbocycles. The van der Waals surface area contributed by atoms with E-state index in [1.165, 1.54) is 13.5 Å². The highest BCUT2D eigenvalue weighted by Gasteiger charge is 2.23. The van der Waals surface area contributed by atoms with Crippen molar-refractivity contribution in [1.29, 1.82) is 0 Å². The van der Waals surface area contributed by atoms with Crippen molar-refractivity contribution in [3.05, 3.63) is 28.8 Å². The number of morpholine rings is 1. The highest BCUT2D eigenvalue weighted by molar-refractivity contribution is 5.81. The molecule has 3 heterocycles. The summed E-state index contributed by atoms with van der Waals surface area (Å²) in [6.45, 7) is 7.03. The quantitative estimate of drug-likeness (QED) is 0.553. The number of amides is 1. The van der Waals surface area contributed by atoms with Gasteiger partial charge in [-0.2, -0.15) is 0 Å². The molecule has 2 fully saturated rings. The minimum atomic E-state index is -0.139. The van der Waals surface area contributed by atoms with E-state index in [-0.39, 0.29) is 11.5 Å². The Labute approximate surface area is 200 Å². The molecule has 4 rings (SSSR count). The highest BCUT2D eigenvalue weighted by atomic mass is 16.5. The maximum Gasteiger partial charge on any atom is 0.261 e. The zero-order chi connectivity index (χ0) is 23.9. The van der Waals surface area contributed by atoms with Gasteiger partial charge in [-0.1, -0.05) is 0 Å². The fraction of sp³-hybridized carbons (Fsp3) is 0.640. The second-order valence-electron chi connectivity index (χ2n) is 9.14. The molecule has 2 saturated heterocycles. The van der Waals surface area contributed by atoms with Gasteiger partial charge in [-0.3, -0.25) is 19.1 Å². The van der Waals surface area contributed by atoms with Gasteiger partial charge in [-0.05, 0) is 44.2 Å². The molecule has 0 atom stereocenters. The molecule has 0 N–H and O–H groups in total. The molecule has 9 nitrogen and oxygen atoms in total. The van der Waals surface area contributed by atoms with Crippen molar-refractivity contribution in [2.45, 2.75) is 38.6 Å². The second kappa shape index (κ2) is 11.7. The molecule has 34 heavy (non-hydrogen) atoms. The minimum absolute atomic E-state index is 0.139. The Morgan fingerprint density at radius 1 is 1.06 bits per heavy atom. The van der Waals surface area contributed by atoms with Gasteiger partial charge < -0.3 is 19.1 Å². The van der Waals surface area contributed by atoms with Crippen LogP contribution in [0.15, 0.2) is 23.3 Å². The molecule has 186 valence electrons. The van der Waals surface area contributed by atoms with Crippen LogP contribution in [0.5, 0.6) is 11.5 Å². The van der Waals surface area contributed by atoms with Gasteiger partial charge in [0.25, 0.3) is 5.56 Å². The third kappa shape index (κ3) is 5.88. The van der Waals surface area contributed by atoms with E-state index in [9.17, 15) is 9.59 Å². The van der Waals surface area contributed by atoms with Gasteiger partial charge in [0.1, 0.15) is 0 Å². The molecule has 0 saturated carbocycles. The number of aromatic nitrogens is 2. The lowest BCUT2D eigenvalue weighted by Gasteiger charge is -2.34. The Bertz CT molecular complexity index is 1030. The molecule has 0 unspecified atom stereocenters. The van der Waals surface area contributed by atoms with Crippen LogP contribution in [0.4, 0.5) is 0 Å². The van der Waals surface area contributed by atoms with Crippen LogP contribution in [-0.4, -0.2) is 85.4 Å². The zero-order valence-corrected chi connectivity index (χ0v) is 20.3. The Kier molecular flexibility index (Phi) is 8.39. The number of carbonyl (C=O) groups excluding carboxylic acids is 1. The monoisotopic (exact) mass is 472 g/mol. The van der Waals surface area contributed by atoms with Crippen LogP contribution in [-0.2, 0) is 16.1 Å². The predicted molar refractivity (Wildman–Crippen MR) is 130 cm³/mol. The van der Waals surface area contributed by atoms with E-state index in [2.05, 4.69) is 9.88 Å². The third-order valence-electron chi connectivity index (χ3n) is 7.04. The number of benzene rings is 1. The normalized spacial score (nSPS) is 17.8. The molecule has 0 aliphatic carbocycles. The first kappa shape index (κ1) is 24.5. The van der Waals surface area contributed by atoms with E-state index in [1.54, 1.807) is 30.1 Å². The molecule has 0 radical (unpaired) electrons. The number of methoxy groups -OCH3 is 2. The molecule has 2 aromatic rings. The van der Waals surface area contributed by atoms with Crippen molar-refractivity contribution in [3.63, 3.8) is 0 Å². The van der Waals surface area contributed by atoms with Crippen LogP contribution in [0, 0.1) is 5.92 Å². The molecular formula is C25H36N4O5. The van der Waals surface area contributed by atoms with Crippen molar-refractivity contribution in [1.82, 2.24) is 19.4 Å². The number of aryl methyl sites for hydroxylation is 1. The molecular weight excluding hydrogens is 436 g/mol. The molecule has 1 aromatic heterocycles. The summed E-state index contributed by atoms with van der Waals surface area (Å²) in [6, 6.07) is 3.36. The number of ether oxygens (including phenoxy) is 3. The van der Waals surface area contributed by atoms with Crippen molar-refractivity contribution in [2.24, 2.45) is 5.92 Å². The van der Waals surface area contributed by atoms with Crippen LogP contribution in [0.2, 0.25) is 0 Å². The first-order valence-electron chi connectivity index (χ1n) is 12.3. The van der Waals surface area contributed by atoms with Crippen molar-refractivity contribution >= 4 is 16.8 Å². The van der Waals surface area contributed by atoms with E-state index < -0.39 is 0 Å². The Balaban J connectivity index is 1.24. The van der Waals surface area contributed by atoms with Crippen LogP contribution in [0.3, 0.4) is 0 Å². The number of hydrogen-bond acceptors (Lipinski definition) is 7. The van der Waals surface area contributed by atoms with Crippen LogP contribution < -0.4 is 15.0 Å². The number of likely N-dealkylation sites (tertiary alicyclic amines) is 1. The molecule has 1 amide bonds. The summed E-state index contributed by atoms with van der Waals surface area (Å²) >= 11 is 0. The zero-order valence-electron chi connectivity index (χ0n) is 20.3. The fourth-order valence-corrected chi connectivity index (χ4v) is 4.86. The molecule has 0 bridgehead atoms. The SMILES string of the molecule is COc1cc2ncn(CCCC(=O)N3CCC(CCN4CCOCC4)CC3)c(=O)c2cc1OC. The number of rotatable bonds is 9. The molecule has 0 spiro atoms. The number of piperidine rings is 1. The number of nitrogens with zero attached hydrogens (tertiary/aromatic N) is 4. The fourth-order valence-electron chi connectivity index (χ4n) is 4.86. The smallest absolute Gasteiger partial charge is 0.261 e. The van der Waals surface area contributed by atoms with Crippen molar-refractivity contribution < 1.29 is 19.0 Å². The predicted octanol–water partition coefficient (Wildman–Crippen LogP) is 2.15. The van der Waals surface area contributed by atoms with Crippen LogP contribution in [0.25, 0.3) is 10.9 Å². The first-order chi connectivity index (χ1) is 16.6. The van der Waals surface area contributed by atoms with Gasteiger partial charge in [-0.15, -0.1) is 0 Å². The maximum atomic E-state index is 12.9. The third-order valence-corrected chi connectivity index (χ3v) is 7.04. The molecule has 9 heteroatoms. The lowest BCUT2D eigenvalue weighted by atomic mass is 9.93. The first-order valence-corrected chi connectivity index (χ1v) is 12.3. The van der Waals surface area contributed by atoms with Gasteiger partial charge in [-0.25, -0.2) is 4.98 Å². The van der Waals surface area contributed by atoms with Gasteiger partial charge in [0, 0.05) is 45.2 Å². The standard InChI is InChI=1S/C25H36N4O5/c1-32-22-16-20-21(17-23(22)33-2)26-18-29(25(20)31)8-3-4-24(30)28-10-6-19(7-11-28)5-9-27-12-14-34-15-13-27/h16-19H,3-15H2,1-2H3. The average Bonchev–Trinajstić information content (AvgIpc) is 2.89. The minimum Gasteiger partial charge on any atom is -0.493 e. The summed E-state index contributed by atoms with van der Waals surface area (Å²) in [4.78, 5) is 34.5. The Hall–Kier alpha value is -2.65. The summed E-state index contributed by atoms with van der Waals surface area (Å²) in [6.07, 6.45) is 5.95. The highest BCUT2D eigenvalue weighted by Crippen LogP contribution is 2.29. The lowest BCUT2D eigenvalue weighted by molar-refractivity contribution is -0.132. The number of fused-ring (bicyclic) bond motifs is 1. The van der Waals surface area contributed by atoms with E-state index in [0.29, 0.717) is 47.7 Å². The maximum absolute atomic E-state index is 12.9. The Morgan fingerprint density at radius 3 is 2.47 bits per heavy atom. The second-order valence-corrected chi connectivity index (χ2v) is 9.14. The molecule has 2 aliphatic rings. The van der Waals surface area contributed by atoms with Gasteiger partial charge in [0.15, 0.2) is 11.5 Å². The van der Waals surface area contributed by atoms with Crippen LogP contribution >= 0.6 is 0 Å². The summed E-state index contributed by atoms with van der Waals surface area (Å²) in [5.74, 6) is 1.91. The van der Waals surface area contributed by atoms with E-state index in [4.69, 9.17) is 14.2 Å². The van der Waals surface area contributed by atoms with Crippen molar-refractivity contribution in [2.75, 3.05) is 60.2 Å². The lowest BCUT2D eigenvalue weighted by Crippen LogP contribution is -2.40. The summed E-state index contributed by atoms with van der Waals surface area (Å²) in [7, 11) is 3.09. The molecule has 2 aliphatic heterocycles. The topological polar surface area (TPSA) is 86.1 Å². The van der Waals surface area contributed by atoms with Crippen molar-refractivity contribution in [3.8, 4) is 11.5 Å². The summed E-state index contributed by atoms with van der Waals surface area (Å²) < 4.78 is 17.6. The average molecular weight is 473 g/mol. The largest absolute Gasteiger partial charge is 0.493 e. The summed E-state index contributed by atoms with van der Waals surface area (Å²) in [5.41, 5.74) is 0.422. The summed E-state index contributed by atoms with van der Waals surface area (Å²) in [5, 5.41) is 0.477. The van der Waals surface area contributed by atoms with E-state index in [1.807, 2.05) is 4.90 Å².